The van der Waals surface area contributed by atoms with Crippen LogP contribution in [0.4, 0.5) is 0 Å². The summed E-state index contributed by atoms with van der Waals surface area (Å²) in [4.78, 5) is 8.82. The standard InChI is InChI=1S/C10H23N5/c1-14-6-8-15(9-7-14)10(12)13-5-3-2-4-11/h2-9,11H2,1H3,(H2,12,13). The van der Waals surface area contributed by atoms with Gasteiger partial charge in [0.1, 0.15) is 0 Å². The van der Waals surface area contributed by atoms with E-state index in [-0.39, 0.29) is 0 Å². The second-order valence-corrected chi connectivity index (χ2v) is 4.03. The van der Waals surface area contributed by atoms with Gasteiger partial charge >= 0.3 is 0 Å². The van der Waals surface area contributed by atoms with Crippen LogP contribution in [-0.4, -0.2) is 62.1 Å². The van der Waals surface area contributed by atoms with E-state index in [1.54, 1.807) is 0 Å². The van der Waals surface area contributed by atoms with Crippen molar-refractivity contribution < 1.29 is 0 Å². The predicted molar refractivity (Wildman–Crippen MR) is 63.8 cm³/mol. The van der Waals surface area contributed by atoms with Crippen LogP contribution in [0.15, 0.2) is 4.99 Å². The first-order chi connectivity index (χ1) is 7.24. The number of nitrogens with two attached hydrogens (primary N) is 2. The van der Waals surface area contributed by atoms with Gasteiger partial charge in [0, 0.05) is 32.7 Å². The number of nitrogens with zero attached hydrogens (tertiary/aromatic N) is 3. The van der Waals surface area contributed by atoms with Crippen molar-refractivity contribution in [1.29, 1.82) is 0 Å². The molecule has 1 aliphatic rings. The van der Waals surface area contributed by atoms with Gasteiger partial charge in [-0.1, -0.05) is 0 Å². The molecule has 0 saturated carbocycles. The third kappa shape index (κ3) is 4.48. The van der Waals surface area contributed by atoms with Crippen molar-refractivity contribution in [3.05, 3.63) is 0 Å². The molecular weight excluding hydrogens is 190 g/mol. The number of aliphatic imine (C=N–C) groups is 1. The maximum Gasteiger partial charge on any atom is 0.191 e. The molecule has 1 rings (SSSR count). The third-order valence-electron chi connectivity index (χ3n) is 2.71. The molecule has 88 valence electrons. The average molecular weight is 213 g/mol. The van der Waals surface area contributed by atoms with Gasteiger partial charge in [0.25, 0.3) is 0 Å². The summed E-state index contributed by atoms with van der Waals surface area (Å²) < 4.78 is 0. The molecule has 0 unspecified atom stereocenters. The molecule has 0 aromatic heterocycles. The highest BCUT2D eigenvalue weighted by molar-refractivity contribution is 5.78. The van der Waals surface area contributed by atoms with Gasteiger partial charge in [0.05, 0.1) is 0 Å². The van der Waals surface area contributed by atoms with E-state index in [0.29, 0.717) is 5.96 Å². The first-order valence-electron chi connectivity index (χ1n) is 5.67. The van der Waals surface area contributed by atoms with Crippen LogP contribution in [-0.2, 0) is 0 Å². The number of hydrogen-bond acceptors (Lipinski definition) is 3. The molecular formula is C10H23N5. The summed E-state index contributed by atoms with van der Waals surface area (Å²) in [5.41, 5.74) is 11.3. The van der Waals surface area contributed by atoms with Crippen LogP contribution in [0.2, 0.25) is 0 Å². The van der Waals surface area contributed by atoms with E-state index in [0.717, 1.165) is 52.1 Å². The molecule has 5 heteroatoms. The van der Waals surface area contributed by atoms with E-state index in [1.165, 1.54) is 0 Å². The number of hydrogen-bond donors (Lipinski definition) is 2. The van der Waals surface area contributed by atoms with Crippen LogP contribution in [0.3, 0.4) is 0 Å². The molecule has 1 saturated heterocycles. The van der Waals surface area contributed by atoms with Crippen molar-refractivity contribution >= 4 is 5.96 Å². The highest BCUT2D eigenvalue weighted by Gasteiger charge is 2.14. The lowest BCUT2D eigenvalue weighted by molar-refractivity contribution is 0.214. The summed E-state index contributed by atoms with van der Waals surface area (Å²) in [6, 6.07) is 0. The fourth-order valence-electron chi connectivity index (χ4n) is 1.59. The van der Waals surface area contributed by atoms with Crippen molar-refractivity contribution in [3.8, 4) is 0 Å². The molecule has 1 heterocycles. The minimum Gasteiger partial charge on any atom is -0.370 e. The monoisotopic (exact) mass is 213 g/mol. The van der Waals surface area contributed by atoms with Gasteiger partial charge in [-0.15, -0.1) is 0 Å². The van der Waals surface area contributed by atoms with Crippen LogP contribution >= 0.6 is 0 Å². The number of piperazine rings is 1. The first kappa shape index (κ1) is 12.3. The average Bonchev–Trinajstić information content (AvgIpc) is 2.25. The maximum atomic E-state index is 5.90. The first-order valence-corrected chi connectivity index (χ1v) is 5.67. The Balaban J connectivity index is 2.23. The van der Waals surface area contributed by atoms with Gasteiger partial charge in [-0.25, -0.2) is 0 Å². The molecule has 0 atom stereocenters. The van der Waals surface area contributed by atoms with Crippen LogP contribution in [0.5, 0.6) is 0 Å². The number of guanidine groups is 1. The maximum absolute atomic E-state index is 5.90. The van der Waals surface area contributed by atoms with Crippen molar-refractivity contribution in [2.24, 2.45) is 16.5 Å². The summed E-state index contributed by atoms with van der Waals surface area (Å²) in [6.45, 7) is 5.66. The predicted octanol–water partition coefficient (Wildman–Crippen LogP) is -0.713. The van der Waals surface area contributed by atoms with E-state index in [4.69, 9.17) is 11.5 Å². The SMILES string of the molecule is CN1CCN(C(N)=NCCCCN)CC1. The normalized spacial score (nSPS) is 19.6. The van der Waals surface area contributed by atoms with Gasteiger partial charge < -0.3 is 21.3 Å². The summed E-state index contributed by atoms with van der Waals surface area (Å²) in [5.74, 6) is 0.695. The van der Waals surface area contributed by atoms with E-state index in [1.807, 2.05) is 0 Å². The van der Waals surface area contributed by atoms with Crippen molar-refractivity contribution in [2.75, 3.05) is 46.3 Å². The zero-order chi connectivity index (χ0) is 11.1. The Bertz CT molecular complexity index is 196. The highest BCUT2D eigenvalue weighted by Crippen LogP contribution is 1.98. The molecule has 4 N–H and O–H groups in total. The zero-order valence-electron chi connectivity index (χ0n) is 9.65. The molecule has 0 amide bonds. The van der Waals surface area contributed by atoms with Gasteiger partial charge in [0.2, 0.25) is 0 Å². The van der Waals surface area contributed by atoms with Gasteiger partial charge in [-0.2, -0.15) is 0 Å². The lowest BCUT2D eigenvalue weighted by Gasteiger charge is -2.33. The van der Waals surface area contributed by atoms with E-state index >= 15 is 0 Å². The molecule has 0 bridgehead atoms. The topological polar surface area (TPSA) is 70.9 Å². The number of rotatable bonds is 4. The minimum atomic E-state index is 0.695. The minimum absolute atomic E-state index is 0.695. The molecule has 15 heavy (non-hydrogen) atoms. The zero-order valence-corrected chi connectivity index (χ0v) is 9.65. The van der Waals surface area contributed by atoms with Gasteiger partial charge in [-0.3, -0.25) is 4.99 Å². The Morgan fingerprint density at radius 3 is 2.47 bits per heavy atom. The van der Waals surface area contributed by atoms with E-state index < -0.39 is 0 Å². The van der Waals surface area contributed by atoms with Crippen LogP contribution in [0.1, 0.15) is 12.8 Å². The molecule has 5 nitrogen and oxygen atoms in total. The van der Waals surface area contributed by atoms with E-state index in [2.05, 4.69) is 21.8 Å². The second-order valence-electron chi connectivity index (χ2n) is 4.03. The summed E-state index contributed by atoms with van der Waals surface area (Å²) in [6.07, 6.45) is 2.06. The molecule has 0 radical (unpaired) electrons. The van der Waals surface area contributed by atoms with E-state index in [9.17, 15) is 0 Å². The summed E-state index contributed by atoms with van der Waals surface area (Å²) >= 11 is 0. The van der Waals surface area contributed by atoms with Gasteiger partial charge in [-0.05, 0) is 26.4 Å². The van der Waals surface area contributed by atoms with Gasteiger partial charge in [0.15, 0.2) is 5.96 Å². The van der Waals surface area contributed by atoms with Crippen molar-refractivity contribution in [3.63, 3.8) is 0 Å². The van der Waals surface area contributed by atoms with Crippen LogP contribution < -0.4 is 11.5 Å². The van der Waals surface area contributed by atoms with Crippen LogP contribution in [0.25, 0.3) is 0 Å². The number of likely N-dealkylation sites (N-methyl/N-ethyl adjacent to an activating group) is 1. The molecule has 1 fully saturated rings. The molecule has 0 aliphatic carbocycles. The molecule has 0 spiro atoms. The quantitative estimate of drug-likeness (QED) is 0.367. The second kappa shape index (κ2) is 6.63. The fraction of sp³-hybridized carbons (Fsp3) is 0.900. The smallest absolute Gasteiger partial charge is 0.191 e. The number of unbranched alkanes of at least 4 members (excludes halogenated alkanes) is 1. The summed E-state index contributed by atoms with van der Waals surface area (Å²) in [7, 11) is 2.13. The molecule has 0 aromatic carbocycles. The summed E-state index contributed by atoms with van der Waals surface area (Å²) in [5, 5.41) is 0. The fourth-order valence-corrected chi connectivity index (χ4v) is 1.59. The van der Waals surface area contributed by atoms with Crippen molar-refractivity contribution in [1.82, 2.24) is 9.80 Å². The molecule has 1 aliphatic heterocycles. The Hall–Kier alpha value is -0.810. The Morgan fingerprint density at radius 1 is 1.20 bits per heavy atom. The lowest BCUT2D eigenvalue weighted by Crippen LogP contribution is -2.49. The van der Waals surface area contributed by atoms with Crippen LogP contribution in [0, 0.1) is 0 Å². The Labute approximate surface area is 92.1 Å². The lowest BCUT2D eigenvalue weighted by atomic mass is 10.3. The Kier molecular flexibility index (Phi) is 5.42. The largest absolute Gasteiger partial charge is 0.370 e. The third-order valence-corrected chi connectivity index (χ3v) is 2.71. The molecule has 0 aromatic rings. The van der Waals surface area contributed by atoms with Crippen molar-refractivity contribution in [2.45, 2.75) is 12.8 Å². The highest BCUT2D eigenvalue weighted by atomic mass is 15.3. The Morgan fingerprint density at radius 2 is 1.87 bits per heavy atom.